The summed E-state index contributed by atoms with van der Waals surface area (Å²) >= 11 is 0. The standard InChI is InChI=1S/C4H4N3/c5-4-2-1-3-6-7-4/h1-2H,(H2,5,7). The topological polar surface area (TPSA) is 51.8 Å². The number of nitrogens with zero attached hydrogens (tertiary/aromatic N) is 2. The molecule has 0 amide bonds. The Labute approximate surface area is 41.2 Å². The summed E-state index contributed by atoms with van der Waals surface area (Å²) < 4.78 is 0. The van der Waals surface area contributed by atoms with Crippen molar-refractivity contribution in [3.8, 4) is 0 Å². The van der Waals surface area contributed by atoms with E-state index in [1.807, 2.05) is 0 Å². The zero-order valence-corrected chi connectivity index (χ0v) is 3.63. The number of hydrogen-bond acceptors (Lipinski definition) is 3. The molecule has 0 fully saturated rings. The summed E-state index contributed by atoms with van der Waals surface area (Å²) in [6, 6.07) is 3.25. The van der Waals surface area contributed by atoms with Crippen molar-refractivity contribution in [2.24, 2.45) is 0 Å². The lowest BCUT2D eigenvalue weighted by Crippen LogP contribution is -1.89. The minimum absolute atomic E-state index is 0.429. The fraction of sp³-hybridized carbons (Fsp3) is 0. The van der Waals surface area contributed by atoms with E-state index >= 15 is 0 Å². The molecular weight excluding hydrogens is 90.1 g/mol. The van der Waals surface area contributed by atoms with Gasteiger partial charge in [-0.05, 0) is 12.1 Å². The molecule has 0 saturated carbocycles. The van der Waals surface area contributed by atoms with Gasteiger partial charge in [-0.25, -0.2) is 0 Å². The molecule has 0 saturated heterocycles. The van der Waals surface area contributed by atoms with Crippen LogP contribution in [0.3, 0.4) is 0 Å². The molecule has 0 unspecified atom stereocenters. The first-order valence-corrected chi connectivity index (χ1v) is 1.85. The summed E-state index contributed by atoms with van der Waals surface area (Å²) in [5.41, 5.74) is 5.16. The first-order valence-electron chi connectivity index (χ1n) is 1.85. The molecule has 3 heteroatoms. The van der Waals surface area contributed by atoms with Crippen molar-refractivity contribution in [3.05, 3.63) is 18.3 Å². The molecule has 1 aromatic rings. The van der Waals surface area contributed by atoms with Gasteiger partial charge in [-0.2, -0.15) is 0 Å². The smallest absolute Gasteiger partial charge is 0.146 e. The number of hydrogen-bond donors (Lipinski definition) is 1. The molecule has 0 aliphatic carbocycles. The number of rotatable bonds is 0. The Morgan fingerprint density at radius 2 is 2.57 bits per heavy atom. The molecule has 35 valence electrons. The van der Waals surface area contributed by atoms with Crippen LogP contribution < -0.4 is 5.73 Å². The summed E-state index contributed by atoms with van der Waals surface area (Å²) in [6.07, 6.45) is 2.49. The molecule has 0 aromatic carbocycles. The summed E-state index contributed by atoms with van der Waals surface area (Å²) in [6.45, 7) is 0. The second kappa shape index (κ2) is 1.55. The fourth-order valence-electron chi connectivity index (χ4n) is 0.276. The molecule has 1 heterocycles. The molecule has 2 N–H and O–H groups in total. The van der Waals surface area contributed by atoms with Crippen LogP contribution in [-0.2, 0) is 0 Å². The highest BCUT2D eigenvalue weighted by Crippen LogP contribution is 1.85. The van der Waals surface area contributed by atoms with Crippen LogP contribution in [0.4, 0.5) is 5.82 Å². The second-order valence-corrected chi connectivity index (χ2v) is 1.09. The highest BCUT2D eigenvalue weighted by atomic mass is 15.1. The zero-order valence-electron chi connectivity index (χ0n) is 3.63. The van der Waals surface area contributed by atoms with Gasteiger partial charge >= 0.3 is 0 Å². The minimum atomic E-state index is 0.429. The van der Waals surface area contributed by atoms with Crippen LogP contribution in [-0.4, -0.2) is 10.2 Å². The molecule has 3 nitrogen and oxygen atoms in total. The Hall–Kier alpha value is -1.12. The van der Waals surface area contributed by atoms with Gasteiger partial charge in [-0.15, -0.1) is 10.2 Å². The van der Waals surface area contributed by atoms with Gasteiger partial charge < -0.3 is 5.73 Å². The Kier molecular flexibility index (Phi) is 0.898. The molecule has 7 heavy (non-hydrogen) atoms. The third-order valence-corrected chi connectivity index (χ3v) is 0.552. The molecule has 1 radical (unpaired) electrons. The van der Waals surface area contributed by atoms with Crippen molar-refractivity contribution in [2.45, 2.75) is 0 Å². The number of nitrogen functional groups attached to an aromatic ring is 1. The fourth-order valence-corrected chi connectivity index (χ4v) is 0.276. The van der Waals surface area contributed by atoms with E-state index in [2.05, 4.69) is 16.4 Å². The Bertz CT molecular complexity index is 137. The Morgan fingerprint density at radius 3 is 2.86 bits per heavy atom. The van der Waals surface area contributed by atoms with E-state index in [0.717, 1.165) is 0 Å². The van der Waals surface area contributed by atoms with Crippen LogP contribution >= 0.6 is 0 Å². The summed E-state index contributed by atoms with van der Waals surface area (Å²) in [5.74, 6) is 0.429. The van der Waals surface area contributed by atoms with Crippen molar-refractivity contribution in [2.75, 3.05) is 5.73 Å². The van der Waals surface area contributed by atoms with Crippen molar-refractivity contribution in [1.29, 1.82) is 0 Å². The maximum absolute atomic E-state index is 5.16. The van der Waals surface area contributed by atoms with Crippen molar-refractivity contribution >= 4 is 5.82 Å². The van der Waals surface area contributed by atoms with Crippen LogP contribution in [0.25, 0.3) is 0 Å². The third kappa shape index (κ3) is 0.855. The molecular formula is C4H4N3. The molecule has 0 aliphatic rings. The molecule has 0 spiro atoms. The first-order chi connectivity index (χ1) is 3.39. The average Bonchev–Trinajstić information content (AvgIpc) is 1.69. The normalized spacial score (nSPS) is 8.57. The van der Waals surface area contributed by atoms with Crippen molar-refractivity contribution in [3.63, 3.8) is 0 Å². The van der Waals surface area contributed by atoms with Crippen LogP contribution in [0.15, 0.2) is 12.1 Å². The Balaban J connectivity index is 3.02. The highest BCUT2D eigenvalue weighted by molar-refractivity contribution is 5.22. The van der Waals surface area contributed by atoms with Gasteiger partial charge in [0.2, 0.25) is 0 Å². The maximum Gasteiger partial charge on any atom is 0.146 e. The predicted molar refractivity (Wildman–Crippen MR) is 25.3 cm³/mol. The highest BCUT2D eigenvalue weighted by Gasteiger charge is 1.76. The molecule has 0 atom stereocenters. The second-order valence-electron chi connectivity index (χ2n) is 1.09. The van der Waals surface area contributed by atoms with Gasteiger partial charge in [0, 0.05) is 0 Å². The van der Waals surface area contributed by atoms with E-state index in [1.54, 1.807) is 12.1 Å². The maximum atomic E-state index is 5.16. The van der Waals surface area contributed by atoms with Gasteiger partial charge in [0.1, 0.15) is 12.0 Å². The van der Waals surface area contributed by atoms with Crippen LogP contribution in [0.1, 0.15) is 0 Å². The van der Waals surface area contributed by atoms with Gasteiger partial charge in [0.15, 0.2) is 0 Å². The van der Waals surface area contributed by atoms with Crippen LogP contribution in [0.5, 0.6) is 0 Å². The monoisotopic (exact) mass is 94.0 g/mol. The lowest BCUT2D eigenvalue weighted by atomic mass is 10.6. The van der Waals surface area contributed by atoms with E-state index in [0.29, 0.717) is 5.82 Å². The average molecular weight is 94.1 g/mol. The van der Waals surface area contributed by atoms with Crippen LogP contribution in [0.2, 0.25) is 0 Å². The summed E-state index contributed by atoms with van der Waals surface area (Å²) in [4.78, 5) is 0. The minimum Gasteiger partial charge on any atom is -0.382 e. The van der Waals surface area contributed by atoms with Crippen molar-refractivity contribution < 1.29 is 0 Å². The predicted octanol–water partition coefficient (Wildman–Crippen LogP) is -0.141. The molecule has 1 rings (SSSR count). The number of nitrogens with two attached hydrogens (primary N) is 1. The van der Waals surface area contributed by atoms with E-state index in [1.165, 1.54) is 0 Å². The van der Waals surface area contributed by atoms with Gasteiger partial charge in [-0.3, -0.25) is 0 Å². The first kappa shape index (κ1) is 4.05. The Morgan fingerprint density at radius 1 is 1.71 bits per heavy atom. The lowest BCUT2D eigenvalue weighted by Gasteiger charge is -1.80. The largest absolute Gasteiger partial charge is 0.382 e. The van der Waals surface area contributed by atoms with E-state index in [9.17, 15) is 0 Å². The van der Waals surface area contributed by atoms with Gasteiger partial charge in [-0.1, -0.05) is 0 Å². The quantitative estimate of drug-likeness (QED) is 0.486. The van der Waals surface area contributed by atoms with Gasteiger partial charge in [0.25, 0.3) is 0 Å². The summed E-state index contributed by atoms with van der Waals surface area (Å²) in [5, 5.41) is 6.84. The molecule has 1 aromatic heterocycles. The molecule has 0 bridgehead atoms. The summed E-state index contributed by atoms with van der Waals surface area (Å²) in [7, 11) is 0. The van der Waals surface area contributed by atoms with Crippen LogP contribution in [0, 0.1) is 6.20 Å². The number of aromatic nitrogens is 2. The molecule has 0 aliphatic heterocycles. The third-order valence-electron chi connectivity index (χ3n) is 0.552. The lowest BCUT2D eigenvalue weighted by molar-refractivity contribution is 1.03. The SMILES string of the molecule is Nc1cc[c]nn1. The number of anilines is 1. The zero-order chi connectivity index (χ0) is 5.11. The van der Waals surface area contributed by atoms with E-state index < -0.39 is 0 Å². The van der Waals surface area contributed by atoms with E-state index in [-0.39, 0.29) is 0 Å². The van der Waals surface area contributed by atoms with E-state index in [4.69, 9.17) is 5.73 Å². The van der Waals surface area contributed by atoms with Crippen molar-refractivity contribution in [1.82, 2.24) is 10.2 Å². The van der Waals surface area contributed by atoms with Gasteiger partial charge in [0.05, 0.1) is 0 Å².